The highest BCUT2D eigenvalue weighted by Gasteiger charge is 2.54. The molecule has 7 saturated heterocycles. The van der Waals surface area contributed by atoms with Crippen molar-refractivity contribution < 1.29 is 88.6 Å². The summed E-state index contributed by atoms with van der Waals surface area (Å²) >= 11 is 0. The molecule has 20 nitrogen and oxygen atoms in total. The minimum atomic E-state index is -3.88. The number of fused-ring (bicyclic) bond motifs is 6. The van der Waals surface area contributed by atoms with Gasteiger partial charge in [0.15, 0.2) is 39.7 Å². The van der Waals surface area contributed by atoms with Crippen molar-refractivity contribution in [2.75, 3.05) is 72.2 Å². The third-order valence-electron chi connectivity index (χ3n) is 21.5. The van der Waals surface area contributed by atoms with E-state index in [4.69, 9.17) is 26.7 Å². The van der Waals surface area contributed by atoms with E-state index in [2.05, 4.69) is 0 Å². The largest absolute Gasteiger partial charge is 0.383 e. The Morgan fingerprint density at radius 2 is 0.842 bits per heavy atom. The monoisotopic (exact) mass is 1490 g/mol. The number of carbonyl (C=O) groups is 3. The highest BCUT2D eigenvalue weighted by molar-refractivity contribution is 7.91. The van der Waals surface area contributed by atoms with Gasteiger partial charge in [0.05, 0.1) is 19.8 Å². The molecule has 3 amide bonds. The Balaban J connectivity index is 0.000000177. The van der Waals surface area contributed by atoms with E-state index < -0.39 is 135 Å². The van der Waals surface area contributed by atoms with Crippen LogP contribution in [0.5, 0.6) is 0 Å². The van der Waals surface area contributed by atoms with Crippen LogP contribution >= 0.6 is 0 Å². The summed E-state index contributed by atoms with van der Waals surface area (Å²) in [7, 11) is -7.08. The number of nitrogens with zero attached hydrogens (tertiary/aromatic N) is 6. The van der Waals surface area contributed by atoms with Crippen molar-refractivity contribution in [3.63, 3.8) is 0 Å². The number of carbonyl (C=O) groups excluding carboxylic acids is 3. The van der Waals surface area contributed by atoms with Crippen LogP contribution < -0.4 is 17.2 Å². The van der Waals surface area contributed by atoms with Crippen LogP contribution in [0.2, 0.25) is 0 Å². The van der Waals surface area contributed by atoms with Crippen molar-refractivity contribution >= 4 is 47.8 Å². The van der Waals surface area contributed by atoms with Gasteiger partial charge < -0.3 is 41.4 Å². The minimum absolute atomic E-state index is 0.0208. The number of benzene rings is 4. The van der Waals surface area contributed by atoms with E-state index in [1.54, 1.807) is 14.7 Å². The van der Waals surface area contributed by atoms with Crippen LogP contribution in [0.3, 0.4) is 0 Å². The average molecular weight is 1490 g/mol. The average Bonchev–Trinajstić information content (AvgIpc) is 1.74. The van der Waals surface area contributed by atoms with Crippen LogP contribution in [0.15, 0.2) is 66.7 Å². The van der Waals surface area contributed by atoms with Gasteiger partial charge in [-0.1, -0.05) is 30.3 Å². The van der Waals surface area contributed by atoms with Gasteiger partial charge in [-0.25, -0.2) is 73.4 Å². The standard InChI is InChI=1S/C25H30F3N3O3S.C23H32F3N3O4S.C21H30F3N3O4S/c1-30(14-16-5-3-2-4-6-16)35(33,34)15-25(32)31-19-7-8-20(31)10-18(9-19)24(29)12-17-11-22(27)23(28)13-21(17)26;1-23(2,34(31,32)28-5-7-33-8-6-28)22(30)29-16-3-4-17(29)10-15(9-16)21(27)12-14-11-19(25)20(26)13-18(14)24;1-26(5-6-31-2)32(29,30)12-21(28)27-15-3-4-16(27)8-14(7-15)20(25)10-13-9-18(23)19(24)11-17(13)22/h2-6,11,13,18-20,24H,7-10,12,14-15,29H2,1H3;11,13,15-17,21H,3-10,12,27H2,1-2H3;9,11,14-16,20H,3-8,10,12,25H2,1-2H3/t18?,19-,20+,24-;15?,16-,17+,21-;14?,15-,16+,20-/m111/s1. The van der Waals surface area contributed by atoms with Gasteiger partial charge in [0, 0.05) is 120 Å². The third kappa shape index (κ3) is 18.5. The molecule has 0 aliphatic carbocycles. The summed E-state index contributed by atoms with van der Waals surface area (Å²) in [4.78, 5) is 44.6. The van der Waals surface area contributed by atoms with E-state index in [9.17, 15) is 79.2 Å². The summed E-state index contributed by atoms with van der Waals surface area (Å²) in [5, 5.41) is 0. The highest BCUT2D eigenvalue weighted by atomic mass is 32.2. The maximum Gasteiger partial charge on any atom is 0.245 e. The second-order valence-electron chi connectivity index (χ2n) is 28.4. The maximum absolute atomic E-state index is 14.1. The Labute approximate surface area is 585 Å². The zero-order valence-corrected chi connectivity index (χ0v) is 59.7. The van der Waals surface area contributed by atoms with Crippen LogP contribution in [-0.4, -0.2) is 202 Å². The van der Waals surface area contributed by atoms with Crippen LogP contribution in [0.1, 0.15) is 113 Å². The van der Waals surface area contributed by atoms with Crippen molar-refractivity contribution in [2.45, 2.75) is 176 Å². The molecule has 7 fully saturated rings. The first kappa shape index (κ1) is 79.3. The Bertz CT molecular complexity index is 3920. The summed E-state index contributed by atoms with van der Waals surface area (Å²) in [6.45, 7) is 4.56. The summed E-state index contributed by atoms with van der Waals surface area (Å²) in [6.07, 6.45) is 8.02. The van der Waals surface area contributed by atoms with E-state index in [1.807, 2.05) is 30.3 Å². The number of sulfonamides is 3. The minimum Gasteiger partial charge on any atom is -0.383 e. The Kier molecular flexibility index (Phi) is 26.0. The fraction of sp³-hybridized carbons (Fsp3) is 0.609. The van der Waals surface area contributed by atoms with Crippen LogP contribution in [0.4, 0.5) is 39.5 Å². The van der Waals surface area contributed by atoms with Crippen molar-refractivity contribution in [3.05, 3.63) is 141 Å². The van der Waals surface area contributed by atoms with Gasteiger partial charge in [-0.2, -0.15) is 4.31 Å². The molecule has 0 aromatic heterocycles. The van der Waals surface area contributed by atoms with Gasteiger partial charge in [-0.3, -0.25) is 14.4 Å². The number of ether oxygens (including phenoxy) is 2. The molecule has 101 heavy (non-hydrogen) atoms. The molecule has 6 N–H and O–H groups in total. The second kappa shape index (κ2) is 33.1. The molecule has 0 radical (unpaired) electrons. The highest BCUT2D eigenvalue weighted by Crippen LogP contribution is 2.45. The number of methoxy groups -OCH3 is 1. The molecule has 0 saturated carbocycles. The molecule has 4 aromatic carbocycles. The van der Waals surface area contributed by atoms with Gasteiger partial charge in [-0.15, -0.1) is 0 Å². The maximum atomic E-state index is 14.1. The lowest BCUT2D eigenvalue weighted by Crippen LogP contribution is -2.60. The van der Waals surface area contributed by atoms with E-state index in [0.29, 0.717) is 69.9 Å². The predicted molar refractivity (Wildman–Crippen MR) is 359 cm³/mol. The SMILES string of the molecule is CC(C)(C(=O)N1[C@@H]2CC[C@H]1CC([C@H](N)Cc1cc(F)c(F)cc1F)C2)S(=O)(=O)N1CCOCC1.CN(Cc1ccccc1)S(=O)(=O)CC(=O)N1[C@@H]2CC[C@H]1CC([C@H](N)Cc1cc(F)c(F)cc1F)C2.COCCN(C)S(=O)(=O)CC(=O)N1[C@@H]2CC[C@H]1CC([C@H](N)Cc1cc(F)c(F)cc1F)C2. The van der Waals surface area contributed by atoms with E-state index >= 15 is 0 Å². The number of amides is 3. The van der Waals surface area contributed by atoms with Crippen molar-refractivity contribution in [1.29, 1.82) is 0 Å². The molecular weight excluding hydrogens is 1400 g/mol. The molecule has 560 valence electrons. The lowest BCUT2D eigenvalue weighted by Gasteiger charge is -2.44. The quantitative estimate of drug-likeness (QED) is 0.0497. The van der Waals surface area contributed by atoms with Crippen molar-refractivity contribution in [2.24, 2.45) is 35.0 Å². The number of halogens is 9. The van der Waals surface area contributed by atoms with Gasteiger partial charge in [0.25, 0.3) is 0 Å². The van der Waals surface area contributed by atoms with Gasteiger partial charge >= 0.3 is 0 Å². The summed E-state index contributed by atoms with van der Waals surface area (Å²) in [5.74, 6) is -12.2. The second-order valence-corrected chi connectivity index (χ2v) is 35.1. The number of hydrogen-bond acceptors (Lipinski definition) is 14. The van der Waals surface area contributed by atoms with E-state index in [0.717, 1.165) is 66.6 Å². The molecule has 32 heteroatoms. The first-order valence-corrected chi connectivity index (χ1v) is 38.8. The van der Waals surface area contributed by atoms with E-state index in [1.165, 1.54) is 43.7 Å². The molecule has 0 spiro atoms. The fourth-order valence-electron chi connectivity index (χ4n) is 15.8. The lowest BCUT2D eigenvalue weighted by atomic mass is 9.82. The normalized spacial score (nSPS) is 24.8. The van der Waals surface area contributed by atoms with E-state index in [-0.39, 0.29) is 123 Å². The van der Waals surface area contributed by atoms with Crippen LogP contribution in [0, 0.1) is 70.1 Å². The number of rotatable bonds is 23. The Morgan fingerprint density at radius 3 is 1.19 bits per heavy atom. The zero-order valence-electron chi connectivity index (χ0n) is 57.3. The van der Waals surface area contributed by atoms with Gasteiger partial charge in [0.1, 0.15) is 29.0 Å². The summed E-state index contributed by atoms with van der Waals surface area (Å²) in [5.41, 5.74) is 19.9. The molecule has 7 aliphatic heterocycles. The number of piperidine rings is 3. The summed E-state index contributed by atoms with van der Waals surface area (Å²) < 4.78 is 212. The molecular formula is C69H92F9N9O11S3. The first-order chi connectivity index (χ1) is 47.5. The number of morpholine rings is 1. The van der Waals surface area contributed by atoms with Crippen LogP contribution in [-0.2, 0) is 79.7 Å². The number of likely N-dealkylation sites (N-methyl/N-ethyl adjacent to an activating group) is 1. The molecule has 11 rings (SSSR count). The van der Waals surface area contributed by atoms with Crippen LogP contribution in [0.25, 0.3) is 0 Å². The zero-order chi connectivity index (χ0) is 73.8. The molecule has 7 heterocycles. The Hall–Kier alpha value is -5.81. The molecule has 4 aromatic rings. The fourth-order valence-corrected chi connectivity index (χ4v) is 19.4. The van der Waals surface area contributed by atoms with Gasteiger partial charge in [0.2, 0.25) is 47.8 Å². The molecule has 7 aliphatic rings. The topological polar surface area (TPSA) is 270 Å². The first-order valence-electron chi connectivity index (χ1n) is 34.1. The predicted octanol–water partition coefficient (Wildman–Crippen LogP) is 7.04. The smallest absolute Gasteiger partial charge is 0.245 e. The van der Waals surface area contributed by atoms with Gasteiger partial charge in [-0.05, 0) is 168 Å². The molecule has 3 unspecified atom stereocenters. The third-order valence-corrected chi connectivity index (χ3v) is 27.4. The number of nitrogens with two attached hydrogens (primary N) is 3. The molecule has 12 atom stereocenters. The number of hydrogen-bond donors (Lipinski definition) is 3. The summed E-state index contributed by atoms with van der Waals surface area (Å²) in [6, 6.07) is 10.9. The lowest BCUT2D eigenvalue weighted by molar-refractivity contribution is -0.139. The Morgan fingerprint density at radius 1 is 0.515 bits per heavy atom. The molecule has 6 bridgehead atoms. The van der Waals surface area contributed by atoms with Crippen molar-refractivity contribution in [1.82, 2.24) is 27.6 Å². The van der Waals surface area contributed by atoms with Crippen molar-refractivity contribution in [3.8, 4) is 0 Å².